The summed E-state index contributed by atoms with van der Waals surface area (Å²) in [6.07, 6.45) is 3.96. The van der Waals surface area contributed by atoms with Gasteiger partial charge in [-0.25, -0.2) is 4.39 Å². The number of rotatable bonds is 5. The summed E-state index contributed by atoms with van der Waals surface area (Å²) >= 11 is 0. The van der Waals surface area contributed by atoms with Gasteiger partial charge in [-0.2, -0.15) is 0 Å². The Morgan fingerprint density at radius 3 is 2.10 bits per heavy atom. The van der Waals surface area contributed by atoms with Crippen LogP contribution in [-0.2, 0) is 20.1 Å². The van der Waals surface area contributed by atoms with Crippen molar-refractivity contribution in [1.82, 2.24) is 9.97 Å². The molecule has 1 radical (unpaired) electrons. The van der Waals surface area contributed by atoms with E-state index in [-0.39, 0.29) is 31.5 Å². The number of aromatic nitrogens is 2. The van der Waals surface area contributed by atoms with Gasteiger partial charge in [0, 0.05) is 37.9 Å². The van der Waals surface area contributed by atoms with Crippen LogP contribution in [0.25, 0.3) is 55.6 Å². The van der Waals surface area contributed by atoms with Crippen molar-refractivity contribution < 1.29 is 28.9 Å². The minimum Gasteiger partial charge on any atom is -0.497 e. The van der Waals surface area contributed by atoms with E-state index in [9.17, 15) is 4.39 Å². The fourth-order valence-corrected chi connectivity index (χ4v) is 7.78. The molecule has 0 fully saturated rings. The van der Waals surface area contributed by atoms with E-state index >= 15 is 0 Å². The van der Waals surface area contributed by atoms with E-state index < -0.39 is 8.07 Å². The minimum absolute atomic E-state index is 0. The monoisotopic (exact) mass is 827 g/mol. The Kier molecular flexibility index (Phi) is 10.6. The van der Waals surface area contributed by atoms with Crippen molar-refractivity contribution in [3.63, 3.8) is 0 Å². The molecule has 7 aromatic rings. The van der Waals surface area contributed by atoms with Gasteiger partial charge in [-0.3, -0.25) is 0 Å². The molecule has 4 aromatic carbocycles. The number of hydrogen-bond donors (Lipinski definition) is 0. The quantitative estimate of drug-likeness (QED) is 0.128. The first kappa shape index (κ1) is 35.1. The van der Waals surface area contributed by atoms with Crippen LogP contribution in [0.2, 0.25) is 19.6 Å². The molecular weight excluding hydrogens is 788 g/mol. The van der Waals surface area contributed by atoms with Gasteiger partial charge in [0.1, 0.15) is 0 Å². The van der Waals surface area contributed by atoms with Crippen LogP contribution in [0.3, 0.4) is 0 Å². The third-order valence-electron chi connectivity index (χ3n) is 8.51. The van der Waals surface area contributed by atoms with Gasteiger partial charge in [-0.1, -0.05) is 86.9 Å². The number of benzene rings is 4. The zero-order chi connectivity index (χ0) is 33.3. The van der Waals surface area contributed by atoms with E-state index in [4.69, 9.17) is 4.42 Å². The molecule has 0 unspecified atom stereocenters. The molecule has 3 nitrogen and oxygen atoms in total. The van der Waals surface area contributed by atoms with Crippen LogP contribution in [0, 0.1) is 31.8 Å². The van der Waals surface area contributed by atoms with Crippen molar-refractivity contribution >= 4 is 35.2 Å². The summed E-state index contributed by atoms with van der Waals surface area (Å²) < 4.78 is 20.7. The zero-order valence-corrected chi connectivity index (χ0v) is 31.8. The van der Waals surface area contributed by atoms with Gasteiger partial charge < -0.3 is 14.4 Å². The minimum atomic E-state index is -1.27. The van der Waals surface area contributed by atoms with Gasteiger partial charge in [0.25, 0.3) is 0 Å². The van der Waals surface area contributed by atoms with E-state index in [0.717, 1.165) is 44.4 Å². The van der Waals surface area contributed by atoms with Crippen LogP contribution >= 0.6 is 0 Å². The summed E-state index contributed by atoms with van der Waals surface area (Å²) in [5, 5.41) is 3.07. The summed E-state index contributed by atoms with van der Waals surface area (Å²) in [6.45, 7) is 15.7. The maximum Gasteiger partial charge on any atom is 0.165 e. The van der Waals surface area contributed by atoms with E-state index in [1.54, 1.807) is 6.07 Å². The summed E-state index contributed by atoms with van der Waals surface area (Å²) in [6, 6.07) is 35.9. The largest absolute Gasteiger partial charge is 0.497 e. The second-order valence-corrected chi connectivity index (χ2v) is 18.5. The molecule has 0 amide bonds. The van der Waals surface area contributed by atoms with E-state index in [0.29, 0.717) is 11.5 Å². The summed E-state index contributed by atoms with van der Waals surface area (Å²) in [5.74, 6) is 0.0485. The SMILES string of the molecule is Cc1cc(-c2[c-]cccc2)ncc1[Si](C)(C)C.Cc1cnc(-c2[c-]cc3oc4c(F)cc(-c5ccccc5)cc4c3c2)cc1C(C)C.[Ir]. The molecule has 0 aliphatic rings. The fraction of sp³-hybridized carbons (Fsp3) is 0.190. The second kappa shape index (κ2) is 14.5. The molecule has 0 bridgehead atoms. The Bertz CT molecular complexity index is 2190. The Balaban J connectivity index is 0.000000214. The molecular formula is C42H39FIrN2OSi-2. The molecule has 0 N–H and O–H groups in total. The molecule has 6 heteroatoms. The molecule has 0 atom stereocenters. The maximum atomic E-state index is 14.9. The molecule has 3 aromatic heterocycles. The first-order chi connectivity index (χ1) is 22.5. The first-order valence-corrected chi connectivity index (χ1v) is 19.5. The smallest absolute Gasteiger partial charge is 0.165 e. The van der Waals surface area contributed by atoms with Crippen LogP contribution in [0.4, 0.5) is 4.39 Å². The summed E-state index contributed by atoms with van der Waals surface area (Å²) in [5.41, 5.74) is 10.3. The van der Waals surface area contributed by atoms with Crippen LogP contribution in [-0.4, -0.2) is 18.0 Å². The van der Waals surface area contributed by atoms with Crippen molar-refractivity contribution in [2.75, 3.05) is 0 Å². The van der Waals surface area contributed by atoms with E-state index in [2.05, 4.69) is 93.8 Å². The Morgan fingerprint density at radius 1 is 0.729 bits per heavy atom. The summed E-state index contributed by atoms with van der Waals surface area (Å²) in [4.78, 5) is 9.19. The van der Waals surface area contributed by atoms with Gasteiger partial charge in [-0.15, -0.1) is 59.7 Å². The van der Waals surface area contributed by atoms with Crippen LogP contribution in [0.1, 0.15) is 36.5 Å². The van der Waals surface area contributed by atoms with Gasteiger partial charge in [-0.05, 0) is 70.7 Å². The van der Waals surface area contributed by atoms with Crippen LogP contribution in [0.5, 0.6) is 0 Å². The summed E-state index contributed by atoms with van der Waals surface area (Å²) in [7, 11) is -1.27. The Labute approximate surface area is 297 Å². The first-order valence-electron chi connectivity index (χ1n) is 16.0. The number of fused-ring (bicyclic) bond motifs is 3. The number of halogens is 1. The van der Waals surface area contributed by atoms with Crippen LogP contribution < -0.4 is 5.19 Å². The molecule has 245 valence electrons. The third-order valence-corrected chi connectivity index (χ3v) is 10.7. The maximum absolute atomic E-state index is 14.9. The van der Waals surface area contributed by atoms with Crippen LogP contribution in [0.15, 0.2) is 108 Å². The second-order valence-electron chi connectivity index (χ2n) is 13.4. The average Bonchev–Trinajstić information content (AvgIpc) is 3.44. The number of aryl methyl sites for hydroxylation is 2. The molecule has 0 aliphatic heterocycles. The zero-order valence-electron chi connectivity index (χ0n) is 28.4. The topological polar surface area (TPSA) is 38.9 Å². The van der Waals surface area contributed by atoms with Gasteiger partial charge in [0.05, 0.1) is 13.7 Å². The van der Waals surface area contributed by atoms with Crippen molar-refractivity contribution in [2.45, 2.75) is 53.3 Å². The fourth-order valence-electron chi connectivity index (χ4n) is 6.08. The van der Waals surface area contributed by atoms with E-state index in [1.165, 1.54) is 27.9 Å². The molecule has 3 heterocycles. The number of hydrogen-bond acceptors (Lipinski definition) is 3. The number of pyridine rings is 2. The normalized spacial score (nSPS) is 11.4. The number of furan rings is 1. The predicted octanol–water partition coefficient (Wildman–Crippen LogP) is 11.1. The Morgan fingerprint density at radius 2 is 1.44 bits per heavy atom. The standard InChI is InChI=1S/C27H21FNO.C15H18NSi.Ir/c1-16(2)21-14-25(29-15-17(21)3)19-9-10-26-22(11-19)23-12-20(13-24(28)27(23)30-26)18-7-5-4-6-8-18;1-12-10-14(13-8-6-5-7-9-13)16-11-15(12)17(2,3)4;/h4-8,10-16H,1-3H3;5-8,10-11H,1-4H3;/q2*-1;. The molecule has 0 aliphatic carbocycles. The molecule has 0 spiro atoms. The predicted molar refractivity (Wildman–Crippen MR) is 196 cm³/mol. The van der Waals surface area contributed by atoms with Gasteiger partial charge in [0.15, 0.2) is 11.4 Å². The van der Waals surface area contributed by atoms with Crippen molar-refractivity contribution in [1.29, 1.82) is 0 Å². The number of nitrogens with zero attached hydrogens (tertiary/aromatic N) is 2. The van der Waals surface area contributed by atoms with Crippen molar-refractivity contribution in [3.8, 4) is 33.6 Å². The van der Waals surface area contributed by atoms with Crippen molar-refractivity contribution in [2.24, 2.45) is 0 Å². The third kappa shape index (κ3) is 7.42. The van der Waals surface area contributed by atoms with Gasteiger partial charge >= 0.3 is 0 Å². The Hall–Kier alpha value is -4.22. The average molecular weight is 827 g/mol. The van der Waals surface area contributed by atoms with Gasteiger partial charge in [0.2, 0.25) is 0 Å². The van der Waals surface area contributed by atoms with Crippen molar-refractivity contribution in [3.05, 3.63) is 138 Å². The molecule has 0 saturated carbocycles. The molecule has 48 heavy (non-hydrogen) atoms. The molecule has 7 rings (SSSR count). The molecule has 0 saturated heterocycles. The van der Waals surface area contributed by atoms with E-state index in [1.807, 2.05) is 66.9 Å².